The Morgan fingerprint density at radius 3 is 2.53 bits per heavy atom. The van der Waals surface area contributed by atoms with Crippen molar-refractivity contribution < 1.29 is 9.59 Å². The SMILES string of the molecule is CC(C)NC(=O)C1(Cc2ccccc2-c2ccncc2)CCCN1C(=O)CC1CCCC1. The standard InChI is InChI=1S/C27H35N3O2/c1-20(2)29-26(32)27(14-7-17-30(27)25(31)18-21-8-3-4-9-21)19-23-10-5-6-11-24(23)22-12-15-28-16-13-22/h5-6,10-13,15-16,20-21H,3-4,7-9,14,17-19H2,1-2H3,(H,29,32). The van der Waals surface area contributed by atoms with E-state index in [1.165, 1.54) is 12.8 Å². The Morgan fingerprint density at radius 1 is 1.09 bits per heavy atom. The number of likely N-dealkylation sites (tertiary alicyclic amines) is 1. The number of aromatic nitrogens is 1. The second kappa shape index (κ2) is 9.85. The van der Waals surface area contributed by atoms with Crippen molar-refractivity contribution in [1.82, 2.24) is 15.2 Å². The van der Waals surface area contributed by atoms with E-state index in [1.807, 2.05) is 43.0 Å². The van der Waals surface area contributed by atoms with Crippen molar-refractivity contribution in [2.75, 3.05) is 6.54 Å². The first-order valence-electron chi connectivity index (χ1n) is 12.1. The van der Waals surface area contributed by atoms with Crippen LogP contribution in [0.15, 0.2) is 48.8 Å². The molecule has 1 saturated heterocycles. The van der Waals surface area contributed by atoms with E-state index in [1.54, 1.807) is 12.4 Å². The molecule has 0 bridgehead atoms. The van der Waals surface area contributed by atoms with Crippen molar-refractivity contribution in [3.63, 3.8) is 0 Å². The summed E-state index contributed by atoms with van der Waals surface area (Å²) in [7, 11) is 0. The summed E-state index contributed by atoms with van der Waals surface area (Å²) in [5, 5.41) is 3.14. The molecule has 1 aliphatic heterocycles. The third kappa shape index (κ3) is 4.72. The van der Waals surface area contributed by atoms with Crippen molar-refractivity contribution in [2.24, 2.45) is 5.92 Å². The van der Waals surface area contributed by atoms with Gasteiger partial charge in [-0.15, -0.1) is 0 Å². The Hall–Kier alpha value is -2.69. The van der Waals surface area contributed by atoms with E-state index >= 15 is 0 Å². The molecule has 2 amide bonds. The molecule has 1 N–H and O–H groups in total. The monoisotopic (exact) mass is 433 g/mol. The number of nitrogens with one attached hydrogen (secondary N) is 1. The van der Waals surface area contributed by atoms with E-state index in [0.717, 1.165) is 36.0 Å². The molecule has 1 unspecified atom stereocenters. The Bertz CT molecular complexity index is 937. The third-order valence-corrected chi connectivity index (χ3v) is 7.06. The zero-order valence-electron chi connectivity index (χ0n) is 19.3. The van der Waals surface area contributed by atoms with Crippen LogP contribution in [-0.4, -0.2) is 39.8 Å². The lowest BCUT2D eigenvalue weighted by Crippen LogP contribution is -2.60. The van der Waals surface area contributed by atoms with Crippen LogP contribution in [0.4, 0.5) is 0 Å². The summed E-state index contributed by atoms with van der Waals surface area (Å²) in [4.78, 5) is 33.2. The summed E-state index contributed by atoms with van der Waals surface area (Å²) in [6.07, 6.45) is 11.0. The number of pyridine rings is 1. The quantitative estimate of drug-likeness (QED) is 0.685. The van der Waals surface area contributed by atoms with Gasteiger partial charge in [0.1, 0.15) is 5.54 Å². The highest BCUT2D eigenvalue weighted by Gasteiger charge is 2.50. The van der Waals surface area contributed by atoms with Crippen LogP contribution >= 0.6 is 0 Å². The van der Waals surface area contributed by atoms with Gasteiger partial charge >= 0.3 is 0 Å². The molecule has 5 nitrogen and oxygen atoms in total. The fourth-order valence-electron chi connectivity index (χ4n) is 5.51. The van der Waals surface area contributed by atoms with Crippen molar-refractivity contribution in [3.05, 3.63) is 54.4 Å². The maximum atomic E-state index is 13.7. The predicted octanol–water partition coefficient (Wildman–Crippen LogP) is 4.76. The number of benzene rings is 1. The molecule has 2 aliphatic rings. The van der Waals surface area contributed by atoms with Gasteiger partial charge < -0.3 is 10.2 Å². The van der Waals surface area contributed by atoms with Gasteiger partial charge in [0.15, 0.2) is 0 Å². The maximum absolute atomic E-state index is 13.7. The molecular formula is C27H35N3O2. The highest BCUT2D eigenvalue weighted by atomic mass is 16.2. The van der Waals surface area contributed by atoms with Crippen LogP contribution in [0.2, 0.25) is 0 Å². The zero-order valence-corrected chi connectivity index (χ0v) is 19.3. The minimum Gasteiger partial charge on any atom is -0.352 e. The molecular weight excluding hydrogens is 398 g/mol. The van der Waals surface area contributed by atoms with E-state index in [0.29, 0.717) is 31.7 Å². The van der Waals surface area contributed by atoms with Crippen LogP contribution in [0.5, 0.6) is 0 Å². The number of amides is 2. The van der Waals surface area contributed by atoms with Crippen LogP contribution in [0.25, 0.3) is 11.1 Å². The van der Waals surface area contributed by atoms with Crippen LogP contribution in [0, 0.1) is 5.92 Å². The highest BCUT2D eigenvalue weighted by Crippen LogP contribution is 2.38. The van der Waals surface area contributed by atoms with Crippen molar-refractivity contribution in [1.29, 1.82) is 0 Å². The molecule has 1 aromatic carbocycles. The maximum Gasteiger partial charge on any atom is 0.246 e. The number of hydrogen-bond acceptors (Lipinski definition) is 3. The van der Waals surface area contributed by atoms with Gasteiger partial charge in [-0.05, 0) is 74.3 Å². The Labute approximate surface area is 191 Å². The normalized spacial score (nSPS) is 21.3. The first kappa shape index (κ1) is 22.5. The largest absolute Gasteiger partial charge is 0.352 e. The fraction of sp³-hybridized carbons (Fsp3) is 0.519. The molecule has 4 rings (SSSR count). The van der Waals surface area contributed by atoms with Gasteiger partial charge in [0, 0.05) is 37.8 Å². The second-order valence-electron chi connectivity index (χ2n) is 9.73. The van der Waals surface area contributed by atoms with Crippen molar-refractivity contribution in [3.8, 4) is 11.1 Å². The molecule has 0 spiro atoms. The van der Waals surface area contributed by atoms with Gasteiger partial charge in [-0.2, -0.15) is 0 Å². The summed E-state index contributed by atoms with van der Waals surface area (Å²) in [5.74, 6) is 0.599. The highest BCUT2D eigenvalue weighted by molar-refractivity contribution is 5.93. The first-order valence-corrected chi connectivity index (χ1v) is 12.1. The zero-order chi connectivity index (χ0) is 22.6. The lowest BCUT2D eigenvalue weighted by Gasteiger charge is -2.39. The summed E-state index contributed by atoms with van der Waals surface area (Å²) < 4.78 is 0. The minimum atomic E-state index is -0.830. The molecule has 0 radical (unpaired) electrons. The summed E-state index contributed by atoms with van der Waals surface area (Å²) >= 11 is 0. The summed E-state index contributed by atoms with van der Waals surface area (Å²) in [6, 6.07) is 12.3. The first-order chi connectivity index (χ1) is 15.5. The average molecular weight is 434 g/mol. The molecule has 2 heterocycles. The fourth-order valence-corrected chi connectivity index (χ4v) is 5.51. The van der Waals surface area contributed by atoms with E-state index < -0.39 is 5.54 Å². The number of rotatable bonds is 7. The number of hydrogen-bond donors (Lipinski definition) is 1. The van der Waals surface area contributed by atoms with Crippen LogP contribution in [0.3, 0.4) is 0 Å². The Morgan fingerprint density at radius 2 is 1.81 bits per heavy atom. The summed E-state index contributed by atoms with van der Waals surface area (Å²) in [6.45, 7) is 4.63. The smallest absolute Gasteiger partial charge is 0.246 e. The van der Waals surface area contributed by atoms with E-state index in [9.17, 15) is 9.59 Å². The topological polar surface area (TPSA) is 62.3 Å². The molecule has 5 heteroatoms. The molecule has 170 valence electrons. The molecule has 1 atom stereocenters. The number of carbonyl (C=O) groups excluding carboxylic acids is 2. The van der Waals surface area contributed by atoms with E-state index in [-0.39, 0.29) is 17.9 Å². The second-order valence-corrected chi connectivity index (χ2v) is 9.73. The molecule has 1 aromatic heterocycles. The lowest BCUT2D eigenvalue weighted by molar-refractivity contribution is -0.146. The van der Waals surface area contributed by atoms with Gasteiger partial charge in [-0.3, -0.25) is 14.6 Å². The van der Waals surface area contributed by atoms with Crippen molar-refractivity contribution >= 4 is 11.8 Å². The Balaban J connectivity index is 1.68. The van der Waals surface area contributed by atoms with E-state index in [4.69, 9.17) is 0 Å². The van der Waals surface area contributed by atoms with Gasteiger partial charge in [-0.1, -0.05) is 37.1 Å². The predicted molar refractivity (Wildman–Crippen MR) is 127 cm³/mol. The van der Waals surface area contributed by atoms with Gasteiger partial charge in [0.2, 0.25) is 11.8 Å². The van der Waals surface area contributed by atoms with Crippen LogP contribution in [0.1, 0.15) is 64.4 Å². The molecule has 1 saturated carbocycles. The minimum absolute atomic E-state index is 0.0192. The van der Waals surface area contributed by atoms with Gasteiger partial charge in [0.25, 0.3) is 0 Å². The molecule has 2 fully saturated rings. The van der Waals surface area contributed by atoms with Crippen LogP contribution in [-0.2, 0) is 16.0 Å². The summed E-state index contributed by atoms with van der Waals surface area (Å²) in [5.41, 5.74) is 2.44. The Kier molecular flexibility index (Phi) is 6.92. The van der Waals surface area contributed by atoms with Gasteiger partial charge in [-0.25, -0.2) is 0 Å². The molecule has 32 heavy (non-hydrogen) atoms. The molecule has 1 aliphatic carbocycles. The third-order valence-electron chi connectivity index (χ3n) is 7.06. The number of nitrogens with zero attached hydrogens (tertiary/aromatic N) is 2. The van der Waals surface area contributed by atoms with E-state index in [2.05, 4.69) is 22.4 Å². The molecule has 2 aromatic rings. The average Bonchev–Trinajstić information content (AvgIpc) is 3.45. The van der Waals surface area contributed by atoms with Crippen molar-refractivity contribution in [2.45, 2.75) is 76.8 Å². The number of carbonyl (C=O) groups is 2. The lowest BCUT2D eigenvalue weighted by atomic mass is 9.83. The van der Waals surface area contributed by atoms with Crippen LogP contribution < -0.4 is 5.32 Å². The van der Waals surface area contributed by atoms with Gasteiger partial charge in [0.05, 0.1) is 0 Å².